The molecular weight excluding hydrogens is 308 g/mol. The number of sulfonamides is 1. The van der Waals surface area contributed by atoms with Crippen molar-refractivity contribution in [3.05, 3.63) is 29.8 Å². The molecule has 1 aromatic carbocycles. The molecule has 122 valence electrons. The zero-order chi connectivity index (χ0) is 15.0. The van der Waals surface area contributed by atoms with Crippen LogP contribution in [0.2, 0.25) is 0 Å². The van der Waals surface area contributed by atoms with E-state index in [-0.39, 0.29) is 12.4 Å². The van der Waals surface area contributed by atoms with Gasteiger partial charge in [-0.3, -0.25) is 0 Å². The van der Waals surface area contributed by atoms with Crippen LogP contribution < -0.4 is 10.5 Å². The molecule has 21 heavy (non-hydrogen) atoms. The molecule has 3 N–H and O–H groups in total. The first-order valence-corrected chi connectivity index (χ1v) is 8.72. The van der Waals surface area contributed by atoms with Gasteiger partial charge in [-0.15, -0.1) is 12.4 Å². The minimum Gasteiger partial charge on any atom is -0.330 e. The SMILES string of the molecule is CC(C)CCc1ccc(S(=O)(=O)NCCCCN)cc1.Cl. The highest BCUT2D eigenvalue weighted by atomic mass is 35.5. The van der Waals surface area contributed by atoms with Crippen LogP contribution in [0, 0.1) is 5.92 Å². The van der Waals surface area contributed by atoms with Crippen molar-refractivity contribution < 1.29 is 8.42 Å². The highest BCUT2D eigenvalue weighted by Gasteiger charge is 2.12. The summed E-state index contributed by atoms with van der Waals surface area (Å²) in [4.78, 5) is 0.332. The normalized spacial score (nSPS) is 11.4. The van der Waals surface area contributed by atoms with Crippen LogP contribution in [0.25, 0.3) is 0 Å². The molecule has 0 atom stereocenters. The van der Waals surface area contributed by atoms with Crippen LogP contribution in [0.5, 0.6) is 0 Å². The maximum atomic E-state index is 12.0. The van der Waals surface area contributed by atoms with Crippen molar-refractivity contribution in [1.82, 2.24) is 4.72 Å². The fraction of sp³-hybridized carbons (Fsp3) is 0.600. The smallest absolute Gasteiger partial charge is 0.240 e. The zero-order valence-electron chi connectivity index (χ0n) is 12.8. The Morgan fingerprint density at radius 2 is 1.76 bits per heavy atom. The van der Waals surface area contributed by atoms with Gasteiger partial charge in [-0.1, -0.05) is 26.0 Å². The van der Waals surface area contributed by atoms with Gasteiger partial charge in [-0.25, -0.2) is 13.1 Å². The molecule has 0 radical (unpaired) electrons. The second-order valence-electron chi connectivity index (χ2n) is 5.47. The summed E-state index contributed by atoms with van der Waals surface area (Å²) in [5, 5.41) is 0. The maximum absolute atomic E-state index is 12.0. The van der Waals surface area contributed by atoms with Crippen molar-refractivity contribution in [1.29, 1.82) is 0 Å². The van der Waals surface area contributed by atoms with Gasteiger partial charge >= 0.3 is 0 Å². The lowest BCUT2D eigenvalue weighted by Gasteiger charge is -2.08. The molecule has 0 amide bonds. The standard InChI is InChI=1S/C15H26N2O2S.ClH/c1-13(2)5-6-14-7-9-15(10-8-14)20(18,19)17-12-4-3-11-16;/h7-10,13,17H,3-6,11-12,16H2,1-2H3;1H. The number of aryl methyl sites for hydroxylation is 1. The van der Waals surface area contributed by atoms with Crippen molar-refractivity contribution in [2.45, 2.75) is 44.4 Å². The molecule has 0 aliphatic carbocycles. The van der Waals surface area contributed by atoms with Gasteiger partial charge in [0.2, 0.25) is 10.0 Å². The van der Waals surface area contributed by atoms with Gasteiger partial charge in [-0.2, -0.15) is 0 Å². The van der Waals surface area contributed by atoms with E-state index in [0.717, 1.165) is 25.7 Å². The molecule has 1 rings (SSSR count). The highest BCUT2D eigenvalue weighted by molar-refractivity contribution is 7.89. The maximum Gasteiger partial charge on any atom is 0.240 e. The average molecular weight is 335 g/mol. The van der Waals surface area contributed by atoms with E-state index in [1.807, 2.05) is 12.1 Å². The Hall–Kier alpha value is -0.620. The van der Waals surface area contributed by atoms with Crippen LogP contribution >= 0.6 is 12.4 Å². The Morgan fingerprint density at radius 1 is 1.14 bits per heavy atom. The van der Waals surface area contributed by atoms with Crippen molar-refractivity contribution in [3.8, 4) is 0 Å². The van der Waals surface area contributed by atoms with Gasteiger partial charge in [0.25, 0.3) is 0 Å². The number of rotatable bonds is 9. The van der Waals surface area contributed by atoms with Crippen molar-refractivity contribution in [2.75, 3.05) is 13.1 Å². The summed E-state index contributed by atoms with van der Waals surface area (Å²) < 4.78 is 26.7. The largest absolute Gasteiger partial charge is 0.330 e. The second kappa shape index (κ2) is 10.2. The van der Waals surface area contributed by atoms with Gasteiger partial charge in [-0.05, 0) is 55.8 Å². The Morgan fingerprint density at radius 3 is 2.29 bits per heavy atom. The van der Waals surface area contributed by atoms with Gasteiger partial charge in [0, 0.05) is 6.54 Å². The number of halogens is 1. The first kappa shape index (κ1) is 20.4. The number of unbranched alkanes of at least 4 members (excludes halogenated alkanes) is 1. The Labute approximate surface area is 135 Å². The van der Waals surface area contributed by atoms with Crippen LogP contribution in [0.15, 0.2) is 29.2 Å². The molecule has 0 heterocycles. The third-order valence-electron chi connectivity index (χ3n) is 3.17. The van der Waals surface area contributed by atoms with E-state index in [9.17, 15) is 8.42 Å². The fourth-order valence-electron chi connectivity index (χ4n) is 1.85. The lowest BCUT2D eigenvalue weighted by Crippen LogP contribution is -2.25. The summed E-state index contributed by atoms with van der Waals surface area (Å²) in [5.74, 6) is 0.655. The predicted octanol–water partition coefficient (Wildman–Crippen LogP) is 2.71. The molecule has 0 aliphatic heterocycles. The number of nitrogens with one attached hydrogen (secondary N) is 1. The highest BCUT2D eigenvalue weighted by Crippen LogP contribution is 2.13. The first-order valence-electron chi connectivity index (χ1n) is 7.24. The van der Waals surface area contributed by atoms with E-state index < -0.39 is 10.0 Å². The quantitative estimate of drug-likeness (QED) is 0.682. The average Bonchev–Trinajstić information content (AvgIpc) is 2.42. The minimum absolute atomic E-state index is 0. The first-order chi connectivity index (χ1) is 9.45. The van der Waals surface area contributed by atoms with Crippen LogP contribution in [0.1, 0.15) is 38.7 Å². The van der Waals surface area contributed by atoms with Crippen LogP contribution in [0.3, 0.4) is 0 Å². The summed E-state index contributed by atoms with van der Waals surface area (Å²) in [6.07, 6.45) is 3.70. The van der Waals surface area contributed by atoms with E-state index in [1.54, 1.807) is 12.1 Å². The third-order valence-corrected chi connectivity index (χ3v) is 4.64. The molecule has 1 aromatic rings. The molecule has 0 aromatic heterocycles. The minimum atomic E-state index is -3.38. The summed E-state index contributed by atoms with van der Waals surface area (Å²) in [5.41, 5.74) is 6.56. The number of hydrogen-bond donors (Lipinski definition) is 2. The second-order valence-corrected chi connectivity index (χ2v) is 7.24. The van der Waals surface area contributed by atoms with E-state index in [4.69, 9.17) is 5.73 Å². The predicted molar refractivity (Wildman–Crippen MR) is 90.3 cm³/mol. The van der Waals surface area contributed by atoms with Gasteiger partial charge in [0.05, 0.1) is 4.90 Å². The molecule has 0 spiro atoms. The number of benzene rings is 1. The number of hydrogen-bond acceptors (Lipinski definition) is 3. The topological polar surface area (TPSA) is 72.2 Å². The van der Waals surface area contributed by atoms with Crippen LogP contribution in [-0.2, 0) is 16.4 Å². The molecule has 6 heteroatoms. The summed E-state index contributed by atoms with van der Waals surface area (Å²) >= 11 is 0. The lowest BCUT2D eigenvalue weighted by molar-refractivity contribution is 0.576. The molecule has 0 aliphatic rings. The molecule has 0 bridgehead atoms. The number of nitrogens with two attached hydrogens (primary N) is 1. The van der Waals surface area contributed by atoms with Crippen LogP contribution in [0.4, 0.5) is 0 Å². The van der Waals surface area contributed by atoms with Gasteiger partial charge < -0.3 is 5.73 Å². The summed E-state index contributed by atoms with van der Waals surface area (Å²) in [6.45, 7) is 5.40. The monoisotopic (exact) mass is 334 g/mol. The van der Waals surface area contributed by atoms with Gasteiger partial charge in [0.15, 0.2) is 0 Å². The van der Waals surface area contributed by atoms with E-state index >= 15 is 0 Å². The van der Waals surface area contributed by atoms with Crippen molar-refractivity contribution >= 4 is 22.4 Å². The molecule has 0 saturated carbocycles. The Bertz CT molecular complexity index is 487. The Kier molecular flexibility index (Phi) is 9.86. The third kappa shape index (κ3) is 7.81. The van der Waals surface area contributed by atoms with E-state index in [1.165, 1.54) is 5.56 Å². The fourth-order valence-corrected chi connectivity index (χ4v) is 2.92. The molecular formula is C15H27ClN2O2S. The molecule has 4 nitrogen and oxygen atoms in total. The zero-order valence-corrected chi connectivity index (χ0v) is 14.5. The van der Waals surface area contributed by atoms with Crippen molar-refractivity contribution in [2.24, 2.45) is 11.7 Å². The molecule has 0 unspecified atom stereocenters. The van der Waals surface area contributed by atoms with E-state index in [0.29, 0.717) is 23.9 Å². The summed E-state index contributed by atoms with van der Waals surface area (Å²) in [6, 6.07) is 7.16. The molecule has 0 saturated heterocycles. The van der Waals surface area contributed by atoms with Crippen molar-refractivity contribution in [3.63, 3.8) is 0 Å². The van der Waals surface area contributed by atoms with Gasteiger partial charge in [0.1, 0.15) is 0 Å². The summed E-state index contributed by atoms with van der Waals surface area (Å²) in [7, 11) is -3.38. The molecule has 0 fully saturated rings. The Balaban J connectivity index is 0.00000400. The lowest BCUT2D eigenvalue weighted by atomic mass is 10.0. The van der Waals surface area contributed by atoms with E-state index in [2.05, 4.69) is 18.6 Å². The van der Waals surface area contributed by atoms with Crippen LogP contribution in [-0.4, -0.2) is 21.5 Å².